The molecule has 0 aromatic carbocycles. The predicted molar refractivity (Wildman–Crippen MR) is 55.8 cm³/mol. The van der Waals surface area contributed by atoms with Crippen molar-refractivity contribution in [1.29, 1.82) is 0 Å². The third-order valence-corrected chi connectivity index (χ3v) is 2.04. The van der Waals surface area contributed by atoms with Crippen LogP contribution in [0.4, 0.5) is 0 Å². The number of aromatic nitrogens is 2. The highest BCUT2D eigenvalue weighted by Crippen LogP contribution is 2.03. The van der Waals surface area contributed by atoms with Gasteiger partial charge in [-0.25, -0.2) is 14.8 Å². The largest absolute Gasteiger partial charge is 0.480 e. The maximum Gasteiger partial charge on any atom is 0.326 e. The first kappa shape index (κ1) is 12.1. The lowest BCUT2D eigenvalue weighted by Gasteiger charge is -2.17. The van der Waals surface area contributed by atoms with Crippen LogP contribution in [0.15, 0.2) is 18.7 Å². The molecule has 0 aliphatic heterocycles. The molecule has 0 unspecified atom stereocenters. The van der Waals surface area contributed by atoms with E-state index in [0.717, 1.165) is 0 Å². The molecule has 1 rings (SSSR count). The second-order valence-electron chi connectivity index (χ2n) is 3.66. The Morgan fingerprint density at radius 2 is 1.88 bits per heavy atom. The van der Waals surface area contributed by atoms with Crippen molar-refractivity contribution in [2.75, 3.05) is 0 Å². The Labute approximate surface area is 92.7 Å². The molecule has 1 heterocycles. The average molecular weight is 223 g/mol. The number of carbonyl (C=O) groups is 2. The molecule has 0 bridgehead atoms. The first-order valence-corrected chi connectivity index (χ1v) is 4.81. The van der Waals surface area contributed by atoms with Crippen LogP contribution in [0.5, 0.6) is 0 Å². The summed E-state index contributed by atoms with van der Waals surface area (Å²) in [5.41, 5.74) is 0.245. The van der Waals surface area contributed by atoms with E-state index in [2.05, 4.69) is 15.3 Å². The van der Waals surface area contributed by atoms with Crippen molar-refractivity contribution in [3.8, 4) is 0 Å². The van der Waals surface area contributed by atoms with E-state index in [0.29, 0.717) is 0 Å². The standard InChI is InChI=1S/C10H13N3O3/c1-6(2)8(10(15)16)13-9(14)7-3-11-5-12-4-7/h3-6,8H,1-2H3,(H,13,14)(H,15,16)/t8-/m1/s1. The topological polar surface area (TPSA) is 92.2 Å². The first-order chi connectivity index (χ1) is 7.52. The van der Waals surface area contributed by atoms with Gasteiger partial charge >= 0.3 is 5.97 Å². The number of amides is 1. The molecular weight excluding hydrogens is 210 g/mol. The third-order valence-electron chi connectivity index (χ3n) is 2.04. The molecule has 1 aromatic heterocycles. The van der Waals surface area contributed by atoms with E-state index < -0.39 is 17.9 Å². The molecule has 1 aromatic rings. The third kappa shape index (κ3) is 3.01. The summed E-state index contributed by atoms with van der Waals surface area (Å²) < 4.78 is 0. The smallest absolute Gasteiger partial charge is 0.326 e. The number of hydrogen-bond donors (Lipinski definition) is 2. The number of aliphatic carboxylic acids is 1. The van der Waals surface area contributed by atoms with Crippen LogP contribution in [0.2, 0.25) is 0 Å². The molecular formula is C10H13N3O3. The van der Waals surface area contributed by atoms with E-state index in [1.165, 1.54) is 18.7 Å². The van der Waals surface area contributed by atoms with Gasteiger partial charge in [0.05, 0.1) is 5.56 Å². The number of hydrogen-bond acceptors (Lipinski definition) is 4. The molecule has 0 radical (unpaired) electrons. The Hall–Kier alpha value is -1.98. The molecule has 0 aliphatic rings. The van der Waals surface area contributed by atoms with Crippen molar-refractivity contribution in [2.45, 2.75) is 19.9 Å². The zero-order valence-corrected chi connectivity index (χ0v) is 9.04. The molecule has 0 saturated heterocycles. The molecule has 86 valence electrons. The van der Waals surface area contributed by atoms with Crippen LogP contribution in [0.1, 0.15) is 24.2 Å². The van der Waals surface area contributed by atoms with Gasteiger partial charge in [0, 0.05) is 12.4 Å². The lowest BCUT2D eigenvalue weighted by atomic mass is 10.0. The van der Waals surface area contributed by atoms with Crippen molar-refractivity contribution in [2.24, 2.45) is 5.92 Å². The zero-order valence-electron chi connectivity index (χ0n) is 9.04. The highest BCUT2D eigenvalue weighted by molar-refractivity contribution is 5.96. The normalized spacial score (nSPS) is 12.2. The lowest BCUT2D eigenvalue weighted by Crippen LogP contribution is -2.44. The van der Waals surface area contributed by atoms with Crippen molar-refractivity contribution in [1.82, 2.24) is 15.3 Å². The summed E-state index contributed by atoms with van der Waals surface area (Å²) in [6.45, 7) is 3.45. The molecule has 1 amide bonds. The molecule has 6 heteroatoms. The molecule has 1 atom stereocenters. The number of rotatable bonds is 4. The van der Waals surface area contributed by atoms with Crippen LogP contribution in [-0.2, 0) is 4.79 Å². The Morgan fingerprint density at radius 1 is 1.31 bits per heavy atom. The minimum absolute atomic E-state index is 0.189. The first-order valence-electron chi connectivity index (χ1n) is 4.81. The van der Waals surface area contributed by atoms with E-state index in [-0.39, 0.29) is 11.5 Å². The predicted octanol–water partition coefficient (Wildman–Crippen LogP) is 0.316. The van der Waals surface area contributed by atoms with Crippen molar-refractivity contribution < 1.29 is 14.7 Å². The monoisotopic (exact) mass is 223 g/mol. The van der Waals surface area contributed by atoms with Crippen molar-refractivity contribution in [3.63, 3.8) is 0 Å². The van der Waals surface area contributed by atoms with Gasteiger partial charge in [-0.3, -0.25) is 4.79 Å². The average Bonchev–Trinajstić information content (AvgIpc) is 2.25. The minimum Gasteiger partial charge on any atom is -0.480 e. The Kier molecular flexibility index (Phi) is 3.93. The highest BCUT2D eigenvalue weighted by Gasteiger charge is 2.23. The van der Waals surface area contributed by atoms with Crippen LogP contribution < -0.4 is 5.32 Å². The van der Waals surface area contributed by atoms with Crippen LogP contribution in [0.3, 0.4) is 0 Å². The number of carboxylic acids is 1. The number of carboxylic acid groups (broad SMARTS) is 1. The van der Waals surface area contributed by atoms with Crippen LogP contribution in [0, 0.1) is 5.92 Å². The van der Waals surface area contributed by atoms with E-state index >= 15 is 0 Å². The van der Waals surface area contributed by atoms with E-state index in [1.807, 2.05) is 0 Å². The van der Waals surface area contributed by atoms with E-state index in [1.54, 1.807) is 13.8 Å². The second-order valence-corrected chi connectivity index (χ2v) is 3.66. The fourth-order valence-corrected chi connectivity index (χ4v) is 1.15. The molecule has 6 nitrogen and oxygen atoms in total. The molecule has 2 N–H and O–H groups in total. The number of nitrogens with zero attached hydrogens (tertiary/aromatic N) is 2. The van der Waals surface area contributed by atoms with Gasteiger partial charge in [0.15, 0.2) is 0 Å². The van der Waals surface area contributed by atoms with Gasteiger partial charge in [0.1, 0.15) is 12.4 Å². The lowest BCUT2D eigenvalue weighted by molar-refractivity contribution is -0.140. The summed E-state index contributed by atoms with van der Waals surface area (Å²) in [5, 5.41) is 11.3. The SMILES string of the molecule is CC(C)[C@@H](NC(=O)c1cncnc1)C(=O)O. The van der Waals surface area contributed by atoms with Gasteiger partial charge < -0.3 is 10.4 Å². The van der Waals surface area contributed by atoms with Crippen molar-refractivity contribution >= 4 is 11.9 Å². The maximum absolute atomic E-state index is 11.6. The summed E-state index contributed by atoms with van der Waals surface area (Å²) >= 11 is 0. The summed E-state index contributed by atoms with van der Waals surface area (Å²) in [7, 11) is 0. The van der Waals surface area contributed by atoms with Crippen molar-refractivity contribution in [3.05, 3.63) is 24.3 Å². The Balaban J connectivity index is 2.74. The molecule has 0 fully saturated rings. The summed E-state index contributed by atoms with van der Waals surface area (Å²) in [4.78, 5) is 29.8. The fraction of sp³-hybridized carbons (Fsp3) is 0.400. The second kappa shape index (κ2) is 5.20. The van der Waals surface area contributed by atoms with Gasteiger partial charge in [0.2, 0.25) is 0 Å². The minimum atomic E-state index is -1.06. The summed E-state index contributed by atoms with van der Waals surface area (Å²) in [6.07, 6.45) is 3.97. The van der Waals surface area contributed by atoms with Gasteiger partial charge in [-0.05, 0) is 5.92 Å². The van der Waals surface area contributed by atoms with Gasteiger partial charge in [0.25, 0.3) is 5.91 Å². The van der Waals surface area contributed by atoms with Crippen LogP contribution in [-0.4, -0.2) is 33.0 Å². The van der Waals surface area contributed by atoms with Gasteiger partial charge in [-0.1, -0.05) is 13.8 Å². The van der Waals surface area contributed by atoms with E-state index in [9.17, 15) is 9.59 Å². The van der Waals surface area contributed by atoms with Gasteiger partial charge in [-0.15, -0.1) is 0 Å². The quantitative estimate of drug-likeness (QED) is 0.766. The number of nitrogens with one attached hydrogen (secondary N) is 1. The molecule has 0 saturated carbocycles. The molecule has 16 heavy (non-hydrogen) atoms. The fourth-order valence-electron chi connectivity index (χ4n) is 1.15. The Bertz CT molecular complexity index is 378. The van der Waals surface area contributed by atoms with E-state index in [4.69, 9.17) is 5.11 Å². The van der Waals surface area contributed by atoms with Crippen LogP contribution in [0.25, 0.3) is 0 Å². The van der Waals surface area contributed by atoms with Crippen LogP contribution >= 0.6 is 0 Å². The summed E-state index contributed by atoms with van der Waals surface area (Å²) in [5.74, 6) is -1.73. The highest BCUT2D eigenvalue weighted by atomic mass is 16.4. The zero-order chi connectivity index (χ0) is 12.1. The Morgan fingerprint density at radius 3 is 2.31 bits per heavy atom. The molecule has 0 spiro atoms. The number of carbonyl (C=O) groups excluding carboxylic acids is 1. The molecule has 0 aliphatic carbocycles. The van der Waals surface area contributed by atoms with Gasteiger partial charge in [-0.2, -0.15) is 0 Å². The maximum atomic E-state index is 11.6. The summed E-state index contributed by atoms with van der Waals surface area (Å²) in [6, 6.07) is -0.910.